The van der Waals surface area contributed by atoms with E-state index in [1.165, 1.54) is 12.1 Å². The molecule has 0 aliphatic carbocycles. The average Bonchev–Trinajstić information content (AvgIpc) is 3.22. The molecule has 0 N–H and O–H groups in total. The molecule has 1 saturated heterocycles. The number of alkyl halides is 6. The summed E-state index contributed by atoms with van der Waals surface area (Å²) in [5.74, 6) is 0.561. The number of aromatic nitrogens is 3. The molecule has 0 radical (unpaired) electrons. The molecule has 0 spiro atoms. The average molecular weight is 492 g/mol. The molecule has 1 aliphatic heterocycles. The van der Waals surface area contributed by atoms with Crippen LogP contribution in [-0.2, 0) is 18.9 Å². The smallest absolute Gasteiger partial charge is 0.353 e. The maximum Gasteiger partial charge on any atom is 0.417 e. The van der Waals surface area contributed by atoms with E-state index in [0.717, 1.165) is 24.4 Å². The normalized spacial score (nSPS) is 15.8. The molecule has 13 heteroatoms. The summed E-state index contributed by atoms with van der Waals surface area (Å²) in [6.07, 6.45) is -8.25. The zero-order valence-electron chi connectivity index (χ0n) is 16.8. The third-order valence-corrected chi connectivity index (χ3v) is 5.37. The van der Waals surface area contributed by atoms with Crippen LogP contribution in [0.2, 0.25) is 5.02 Å². The third kappa shape index (κ3) is 5.38. The van der Waals surface area contributed by atoms with Gasteiger partial charge in [0.1, 0.15) is 5.82 Å². The number of benzene rings is 1. The minimum absolute atomic E-state index is 0.0514. The van der Waals surface area contributed by atoms with E-state index in [0.29, 0.717) is 26.2 Å². The molecule has 1 fully saturated rings. The monoisotopic (exact) mass is 491 g/mol. The van der Waals surface area contributed by atoms with Crippen LogP contribution in [0.4, 0.5) is 32.2 Å². The number of piperazine rings is 1. The van der Waals surface area contributed by atoms with Crippen molar-refractivity contribution in [1.82, 2.24) is 20.0 Å². The van der Waals surface area contributed by atoms with Gasteiger partial charge in [-0.3, -0.25) is 4.90 Å². The van der Waals surface area contributed by atoms with Crippen LogP contribution in [0.25, 0.3) is 11.4 Å². The van der Waals surface area contributed by atoms with Gasteiger partial charge in [0, 0.05) is 37.9 Å². The lowest BCUT2D eigenvalue weighted by Crippen LogP contribution is -2.46. The number of rotatable bonds is 4. The van der Waals surface area contributed by atoms with E-state index in [1.807, 2.05) is 4.90 Å². The summed E-state index contributed by atoms with van der Waals surface area (Å²) in [4.78, 5) is 11.8. The molecule has 0 atom stereocenters. The van der Waals surface area contributed by atoms with Gasteiger partial charge in [-0.2, -0.15) is 31.3 Å². The molecule has 3 aromatic rings. The fraction of sp³-hybridized carbons (Fsp3) is 0.350. The maximum absolute atomic E-state index is 12.9. The summed E-state index contributed by atoms with van der Waals surface area (Å²) in [5.41, 5.74) is -1.53. The highest BCUT2D eigenvalue weighted by atomic mass is 35.5. The molecule has 1 aliphatic rings. The Morgan fingerprint density at radius 1 is 0.939 bits per heavy atom. The molecular formula is C20H16ClF6N5O. The van der Waals surface area contributed by atoms with Crippen molar-refractivity contribution in [2.24, 2.45) is 0 Å². The van der Waals surface area contributed by atoms with Crippen LogP contribution in [0.15, 0.2) is 41.1 Å². The van der Waals surface area contributed by atoms with Gasteiger partial charge in [-0.25, -0.2) is 4.98 Å². The fourth-order valence-electron chi connectivity index (χ4n) is 3.40. The van der Waals surface area contributed by atoms with Crippen LogP contribution in [0.1, 0.15) is 17.0 Å². The van der Waals surface area contributed by atoms with Gasteiger partial charge >= 0.3 is 12.4 Å². The molecule has 0 amide bonds. The van der Waals surface area contributed by atoms with Gasteiger partial charge in [-0.1, -0.05) is 28.9 Å². The predicted octanol–water partition coefficient (Wildman–Crippen LogP) is 5.14. The Kier molecular flexibility index (Phi) is 6.23. The van der Waals surface area contributed by atoms with Gasteiger partial charge in [0.05, 0.1) is 22.7 Å². The quantitative estimate of drug-likeness (QED) is 0.471. The van der Waals surface area contributed by atoms with E-state index < -0.39 is 23.5 Å². The highest BCUT2D eigenvalue weighted by molar-refractivity contribution is 6.33. The second kappa shape index (κ2) is 8.82. The number of hydrogen-bond donors (Lipinski definition) is 0. The van der Waals surface area contributed by atoms with Gasteiger partial charge in [-0.05, 0) is 18.2 Å². The Hall–Kier alpha value is -2.86. The van der Waals surface area contributed by atoms with Crippen molar-refractivity contribution in [2.45, 2.75) is 18.9 Å². The van der Waals surface area contributed by atoms with E-state index >= 15 is 0 Å². The van der Waals surface area contributed by atoms with E-state index in [-0.39, 0.29) is 34.7 Å². The summed E-state index contributed by atoms with van der Waals surface area (Å²) in [5, 5.41) is 3.68. The van der Waals surface area contributed by atoms with Gasteiger partial charge < -0.3 is 9.42 Å². The number of anilines is 1. The first-order valence-corrected chi connectivity index (χ1v) is 10.1. The zero-order valence-corrected chi connectivity index (χ0v) is 17.5. The van der Waals surface area contributed by atoms with E-state index in [1.54, 1.807) is 4.90 Å². The first-order chi connectivity index (χ1) is 15.5. The molecule has 3 heterocycles. The van der Waals surface area contributed by atoms with E-state index in [2.05, 4.69) is 15.1 Å². The van der Waals surface area contributed by atoms with Crippen LogP contribution >= 0.6 is 11.6 Å². The molecular weight excluding hydrogens is 476 g/mol. The molecule has 4 rings (SSSR count). The molecule has 2 aromatic heterocycles. The Balaban J connectivity index is 1.37. The Bertz CT molecular complexity index is 1120. The fourth-order valence-corrected chi connectivity index (χ4v) is 3.68. The number of pyridine rings is 1. The maximum atomic E-state index is 12.9. The largest absolute Gasteiger partial charge is 0.417 e. The van der Waals surface area contributed by atoms with Crippen LogP contribution in [0, 0.1) is 0 Å². The Labute approximate surface area is 188 Å². The lowest BCUT2D eigenvalue weighted by molar-refractivity contribution is -0.138. The molecule has 176 valence electrons. The van der Waals surface area contributed by atoms with Crippen LogP contribution in [0.5, 0.6) is 0 Å². The van der Waals surface area contributed by atoms with Gasteiger partial charge in [-0.15, -0.1) is 0 Å². The third-order valence-electron chi connectivity index (χ3n) is 5.10. The predicted molar refractivity (Wildman–Crippen MR) is 106 cm³/mol. The van der Waals surface area contributed by atoms with Crippen LogP contribution in [0.3, 0.4) is 0 Å². The highest BCUT2D eigenvalue weighted by Crippen LogP contribution is 2.34. The number of hydrogen-bond acceptors (Lipinski definition) is 6. The second-order valence-corrected chi connectivity index (χ2v) is 7.79. The highest BCUT2D eigenvalue weighted by Gasteiger charge is 2.33. The summed E-state index contributed by atoms with van der Waals surface area (Å²) < 4.78 is 82.3. The van der Waals surface area contributed by atoms with E-state index in [4.69, 9.17) is 16.1 Å². The zero-order chi connectivity index (χ0) is 23.8. The van der Waals surface area contributed by atoms with Crippen molar-refractivity contribution < 1.29 is 30.9 Å². The molecule has 0 unspecified atom stereocenters. The van der Waals surface area contributed by atoms with Crippen molar-refractivity contribution in [3.63, 3.8) is 0 Å². The lowest BCUT2D eigenvalue weighted by Gasteiger charge is -2.35. The van der Waals surface area contributed by atoms with Gasteiger partial charge in [0.25, 0.3) is 0 Å². The molecule has 33 heavy (non-hydrogen) atoms. The van der Waals surface area contributed by atoms with Gasteiger partial charge in [0.15, 0.2) is 0 Å². The van der Waals surface area contributed by atoms with Crippen LogP contribution in [-0.4, -0.2) is 46.2 Å². The van der Waals surface area contributed by atoms with Crippen LogP contribution < -0.4 is 4.90 Å². The number of halogens is 7. The number of nitrogens with zero attached hydrogens (tertiary/aromatic N) is 5. The summed E-state index contributed by atoms with van der Waals surface area (Å²) >= 11 is 6.01. The summed E-state index contributed by atoms with van der Waals surface area (Å²) in [6.45, 7) is 2.20. The standard InChI is InChI=1S/C20H16ClF6N5O/c21-15-9-14(20(25,26)27)10-28-18(15)32-6-4-31(5-7-32)11-16-29-17(30-33-16)12-2-1-3-13(8-12)19(22,23)24/h1-3,8-10H,4-7,11H2. The summed E-state index contributed by atoms with van der Waals surface area (Å²) in [7, 11) is 0. The van der Waals surface area contributed by atoms with Crippen molar-refractivity contribution >= 4 is 17.4 Å². The summed E-state index contributed by atoms with van der Waals surface area (Å²) in [6, 6.07) is 5.50. The topological polar surface area (TPSA) is 58.3 Å². The van der Waals surface area contributed by atoms with Crippen molar-refractivity contribution in [2.75, 3.05) is 31.1 Å². The minimum Gasteiger partial charge on any atom is -0.353 e. The molecule has 6 nitrogen and oxygen atoms in total. The van der Waals surface area contributed by atoms with E-state index in [9.17, 15) is 26.3 Å². The molecule has 1 aromatic carbocycles. The second-order valence-electron chi connectivity index (χ2n) is 7.38. The first-order valence-electron chi connectivity index (χ1n) is 9.71. The van der Waals surface area contributed by atoms with Gasteiger partial charge in [0.2, 0.25) is 11.7 Å². The van der Waals surface area contributed by atoms with Crippen molar-refractivity contribution in [1.29, 1.82) is 0 Å². The van der Waals surface area contributed by atoms with Crippen molar-refractivity contribution in [3.8, 4) is 11.4 Å². The molecule has 0 bridgehead atoms. The SMILES string of the molecule is FC(F)(F)c1cccc(-c2noc(CN3CCN(c4ncc(C(F)(F)F)cc4Cl)CC3)n2)c1. The lowest BCUT2D eigenvalue weighted by atomic mass is 10.1. The first kappa shape index (κ1) is 23.3. The van der Waals surface area contributed by atoms with Crippen molar-refractivity contribution in [3.05, 3.63) is 58.6 Å². The Morgan fingerprint density at radius 2 is 1.64 bits per heavy atom. The Morgan fingerprint density at radius 3 is 2.27 bits per heavy atom. The minimum atomic E-state index is -4.52. The molecule has 0 saturated carbocycles.